The predicted molar refractivity (Wildman–Crippen MR) is 125 cm³/mol. The van der Waals surface area contributed by atoms with Crippen molar-refractivity contribution in [2.75, 3.05) is 23.4 Å². The normalized spacial score (nSPS) is 14.2. The first-order valence-corrected chi connectivity index (χ1v) is 11.8. The minimum absolute atomic E-state index is 0.0412. The molecule has 1 aliphatic rings. The van der Waals surface area contributed by atoms with Crippen LogP contribution < -0.4 is 15.5 Å². The van der Waals surface area contributed by atoms with E-state index in [0.717, 1.165) is 54.8 Å². The Morgan fingerprint density at radius 1 is 1.18 bits per heavy atom. The van der Waals surface area contributed by atoms with Crippen LogP contribution in [0.3, 0.4) is 0 Å². The highest BCUT2D eigenvalue weighted by Gasteiger charge is 2.24. The van der Waals surface area contributed by atoms with Gasteiger partial charge in [-0.25, -0.2) is 18.2 Å². The first kappa shape index (κ1) is 22.4. The Labute approximate surface area is 190 Å². The Morgan fingerprint density at radius 3 is 2.52 bits per heavy atom. The van der Waals surface area contributed by atoms with E-state index < -0.39 is 20.6 Å². The van der Waals surface area contributed by atoms with Gasteiger partial charge in [-0.3, -0.25) is 15.5 Å². The van der Waals surface area contributed by atoms with Crippen molar-refractivity contribution >= 4 is 33.4 Å². The predicted octanol–water partition coefficient (Wildman–Crippen LogP) is 2.78. The molecule has 0 radical (unpaired) electrons. The van der Waals surface area contributed by atoms with E-state index in [1.807, 2.05) is 41.9 Å². The quantitative estimate of drug-likeness (QED) is 0.307. The average Bonchev–Trinajstić information content (AvgIpc) is 3.42. The third-order valence-corrected chi connectivity index (χ3v) is 6.27. The number of rotatable bonds is 7. The number of nitrogens with two attached hydrogens (primary N) is 1. The van der Waals surface area contributed by atoms with Gasteiger partial charge in [0.15, 0.2) is 0 Å². The fraction of sp³-hybridized carbons (Fsp3) is 0.238. The lowest BCUT2D eigenvalue weighted by Crippen LogP contribution is -2.22. The van der Waals surface area contributed by atoms with E-state index in [-0.39, 0.29) is 10.6 Å². The third-order valence-electron chi connectivity index (χ3n) is 5.36. The van der Waals surface area contributed by atoms with Crippen LogP contribution in [0.15, 0.2) is 58.5 Å². The van der Waals surface area contributed by atoms with Crippen molar-refractivity contribution in [2.24, 2.45) is 10.2 Å². The largest absolute Gasteiger partial charge is 0.356 e. The van der Waals surface area contributed by atoms with Gasteiger partial charge in [0, 0.05) is 19.2 Å². The molecule has 0 unspecified atom stereocenters. The smallest absolute Gasteiger partial charge is 0.295 e. The van der Waals surface area contributed by atoms with Crippen LogP contribution in [0.25, 0.3) is 5.69 Å². The molecule has 172 valence electrons. The van der Waals surface area contributed by atoms with Gasteiger partial charge in [0.05, 0.1) is 33.0 Å². The summed E-state index contributed by atoms with van der Waals surface area (Å²) in [4.78, 5) is 12.6. The Hall–Kier alpha value is -3.77. The van der Waals surface area contributed by atoms with Crippen molar-refractivity contribution in [2.45, 2.75) is 24.7 Å². The van der Waals surface area contributed by atoms with Gasteiger partial charge in [0.25, 0.3) is 5.69 Å². The second-order valence-electron chi connectivity index (χ2n) is 7.62. The highest BCUT2D eigenvalue weighted by molar-refractivity contribution is 7.89. The van der Waals surface area contributed by atoms with E-state index >= 15 is 0 Å². The lowest BCUT2D eigenvalue weighted by Gasteiger charge is -2.20. The minimum atomic E-state index is -4.07. The zero-order chi connectivity index (χ0) is 23.6. The summed E-state index contributed by atoms with van der Waals surface area (Å²) in [5, 5.41) is 25.4. The molecule has 33 heavy (non-hydrogen) atoms. The summed E-state index contributed by atoms with van der Waals surface area (Å²) in [5.41, 5.74) is 4.71. The summed E-state index contributed by atoms with van der Waals surface area (Å²) in [6.07, 6.45) is 3.74. The number of nitro groups is 1. The molecule has 2 heterocycles. The van der Waals surface area contributed by atoms with Gasteiger partial charge in [-0.15, -0.1) is 0 Å². The number of hydrogen-bond donors (Lipinski definition) is 2. The van der Waals surface area contributed by atoms with E-state index in [9.17, 15) is 18.5 Å². The van der Waals surface area contributed by atoms with Crippen molar-refractivity contribution in [3.05, 3.63) is 69.9 Å². The molecule has 0 amide bonds. The number of para-hydroxylation sites is 1. The molecule has 12 heteroatoms. The number of hydrogen-bond acceptors (Lipinski definition) is 8. The second-order valence-corrected chi connectivity index (χ2v) is 9.18. The maximum Gasteiger partial charge on any atom is 0.295 e. The molecule has 3 N–H and O–H groups in total. The minimum Gasteiger partial charge on any atom is -0.356 e. The first-order chi connectivity index (χ1) is 15.8. The van der Waals surface area contributed by atoms with E-state index in [1.165, 1.54) is 12.1 Å². The molecule has 4 rings (SSSR count). The molecule has 0 spiro atoms. The fourth-order valence-corrected chi connectivity index (χ4v) is 4.29. The van der Waals surface area contributed by atoms with Gasteiger partial charge < -0.3 is 4.90 Å². The Balaban J connectivity index is 1.69. The number of nitrogens with one attached hydrogen (secondary N) is 1. The molecule has 1 fully saturated rings. The van der Waals surface area contributed by atoms with Gasteiger partial charge in [-0.1, -0.05) is 18.2 Å². The monoisotopic (exact) mass is 469 g/mol. The number of aromatic nitrogens is 2. The van der Waals surface area contributed by atoms with Crippen LogP contribution in [-0.2, 0) is 10.0 Å². The van der Waals surface area contributed by atoms with Gasteiger partial charge in [-0.2, -0.15) is 10.2 Å². The molecule has 0 bridgehead atoms. The standard InChI is InChI=1S/C21H23N7O4S/c1-15-18(14-23-24-19-10-9-17(33(22,31)32)13-20(19)28(29)30)21(26-11-5-6-12-26)27(25-15)16-7-3-2-4-8-16/h2-4,7-10,13-14,24H,5-6,11-12H2,1H3,(H2,22,31,32)/b23-14-. The van der Waals surface area contributed by atoms with E-state index in [1.54, 1.807) is 6.21 Å². The van der Waals surface area contributed by atoms with E-state index in [0.29, 0.717) is 0 Å². The molecule has 1 aliphatic heterocycles. The SMILES string of the molecule is Cc1nn(-c2ccccc2)c(N2CCCC2)c1/C=N\Nc1ccc(S(N)(=O)=O)cc1[N+](=O)[O-]. The molecular weight excluding hydrogens is 446 g/mol. The number of benzene rings is 2. The van der Waals surface area contributed by atoms with Gasteiger partial charge in [0.2, 0.25) is 10.0 Å². The summed E-state index contributed by atoms with van der Waals surface area (Å²) >= 11 is 0. The number of sulfonamides is 1. The summed E-state index contributed by atoms with van der Waals surface area (Å²) < 4.78 is 24.9. The highest BCUT2D eigenvalue weighted by atomic mass is 32.2. The summed E-state index contributed by atoms with van der Waals surface area (Å²) in [6.45, 7) is 3.67. The van der Waals surface area contributed by atoms with Gasteiger partial charge in [-0.05, 0) is 44.0 Å². The highest BCUT2D eigenvalue weighted by Crippen LogP contribution is 2.30. The zero-order valence-corrected chi connectivity index (χ0v) is 18.7. The number of primary sulfonamides is 1. The number of anilines is 2. The number of aryl methyl sites for hydroxylation is 1. The fourth-order valence-electron chi connectivity index (χ4n) is 3.76. The number of nitrogens with zero attached hydrogens (tertiary/aromatic N) is 5. The Morgan fingerprint density at radius 2 is 1.88 bits per heavy atom. The molecule has 11 nitrogen and oxygen atoms in total. The van der Waals surface area contributed by atoms with Crippen molar-refractivity contribution in [3.63, 3.8) is 0 Å². The van der Waals surface area contributed by atoms with Crippen molar-refractivity contribution in [1.82, 2.24) is 9.78 Å². The van der Waals surface area contributed by atoms with Gasteiger partial charge in [0.1, 0.15) is 11.5 Å². The van der Waals surface area contributed by atoms with Crippen LogP contribution in [0.4, 0.5) is 17.2 Å². The van der Waals surface area contributed by atoms with Crippen LogP contribution in [0, 0.1) is 17.0 Å². The molecule has 3 aromatic rings. The number of nitro benzene ring substituents is 1. The maximum absolute atomic E-state index is 11.5. The summed E-state index contributed by atoms with van der Waals surface area (Å²) in [5.74, 6) is 0.904. The molecule has 1 saturated heterocycles. The topological polar surface area (TPSA) is 149 Å². The lowest BCUT2D eigenvalue weighted by atomic mass is 10.2. The molecule has 0 atom stereocenters. The molecule has 2 aromatic carbocycles. The Kier molecular flexibility index (Phi) is 6.11. The van der Waals surface area contributed by atoms with Crippen LogP contribution in [0.1, 0.15) is 24.1 Å². The molecular formula is C21H23N7O4S. The number of hydrazone groups is 1. The van der Waals surface area contributed by atoms with Crippen LogP contribution in [0.2, 0.25) is 0 Å². The maximum atomic E-state index is 11.5. The zero-order valence-electron chi connectivity index (χ0n) is 17.9. The van der Waals surface area contributed by atoms with Crippen LogP contribution in [0.5, 0.6) is 0 Å². The summed E-state index contributed by atoms with van der Waals surface area (Å²) in [7, 11) is -4.07. The third kappa shape index (κ3) is 4.71. The second kappa shape index (κ2) is 9.00. The average molecular weight is 470 g/mol. The first-order valence-electron chi connectivity index (χ1n) is 10.3. The lowest BCUT2D eigenvalue weighted by molar-refractivity contribution is -0.384. The van der Waals surface area contributed by atoms with Crippen LogP contribution >= 0.6 is 0 Å². The molecule has 1 aromatic heterocycles. The van der Waals surface area contributed by atoms with Crippen molar-refractivity contribution in [1.29, 1.82) is 0 Å². The van der Waals surface area contributed by atoms with Crippen molar-refractivity contribution in [3.8, 4) is 5.69 Å². The molecule has 0 aliphatic carbocycles. The van der Waals surface area contributed by atoms with E-state index in [2.05, 4.69) is 15.4 Å². The van der Waals surface area contributed by atoms with Crippen molar-refractivity contribution < 1.29 is 13.3 Å². The van der Waals surface area contributed by atoms with Gasteiger partial charge >= 0.3 is 0 Å². The molecule has 0 saturated carbocycles. The van der Waals surface area contributed by atoms with E-state index in [4.69, 9.17) is 10.2 Å². The van der Waals surface area contributed by atoms with Crippen LogP contribution in [-0.4, -0.2) is 42.4 Å². The summed E-state index contributed by atoms with van der Waals surface area (Å²) in [6, 6.07) is 13.1. The Bertz CT molecular complexity index is 1310.